The number of thiazole rings is 1. The summed E-state index contributed by atoms with van der Waals surface area (Å²) in [6, 6.07) is 6.50. The number of carbonyl (C=O) groups is 1. The van der Waals surface area contributed by atoms with Crippen molar-refractivity contribution in [2.75, 3.05) is 0 Å². The summed E-state index contributed by atoms with van der Waals surface area (Å²) in [5.74, 6) is -0.305. The second-order valence-corrected chi connectivity index (χ2v) is 11.3. The molecular weight excluding hydrogens is 406 g/mol. The van der Waals surface area contributed by atoms with Crippen LogP contribution < -0.4 is 5.32 Å². The molecule has 6 nitrogen and oxygen atoms in total. The zero-order valence-electron chi connectivity index (χ0n) is 17.4. The van der Waals surface area contributed by atoms with Crippen molar-refractivity contribution in [1.29, 1.82) is 0 Å². The highest BCUT2D eigenvalue weighted by molar-refractivity contribution is 7.89. The van der Waals surface area contributed by atoms with Gasteiger partial charge < -0.3 is 5.32 Å². The van der Waals surface area contributed by atoms with Crippen LogP contribution in [0, 0.1) is 6.92 Å². The van der Waals surface area contributed by atoms with E-state index in [2.05, 4.69) is 16.9 Å². The van der Waals surface area contributed by atoms with Crippen LogP contribution in [0.15, 0.2) is 47.2 Å². The predicted molar refractivity (Wildman–Crippen MR) is 116 cm³/mol. The molecule has 29 heavy (non-hydrogen) atoms. The van der Waals surface area contributed by atoms with Crippen molar-refractivity contribution in [3.63, 3.8) is 0 Å². The average molecular weight is 434 g/mol. The molecule has 1 aromatic carbocycles. The van der Waals surface area contributed by atoms with Gasteiger partial charge in [0.2, 0.25) is 15.9 Å². The van der Waals surface area contributed by atoms with Gasteiger partial charge in [-0.25, -0.2) is 13.4 Å². The standard InChI is InChI=1S/C21H27N3O3S2/c1-7-19(25)23-18-12-20(3,4)24(21(18,5)6)29(26,27)16-10-8-15(9-11-16)17-13-28-14(2)22-17/h7-11,13,18H,1,12H2,2-6H3,(H,23,25). The molecule has 0 aliphatic carbocycles. The number of hydrogen-bond donors (Lipinski definition) is 1. The van der Waals surface area contributed by atoms with E-state index in [1.807, 2.05) is 40.0 Å². The lowest BCUT2D eigenvalue weighted by Crippen LogP contribution is -2.56. The van der Waals surface area contributed by atoms with E-state index in [1.165, 1.54) is 10.4 Å². The minimum atomic E-state index is -3.78. The molecule has 2 heterocycles. The SMILES string of the molecule is C=CC(=O)NC1CC(C)(C)N(S(=O)(=O)c2ccc(-c3csc(C)n3)cc2)C1(C)C. The summed E-state index contributed by atoms with van der Waals surface area (Å²) in [6.45, 7) is 12.9. The predicted octanol–water partition coefficient (Wildman–Crippen LogP) is 3.74. The van der Waals surface area contributed by atoms with Crippen LogP contribution in [0.1, 0.15) is 39.1 Å². The fourth-order valence-electron chi connectivity index (χ4n) is 4.25. The molecule has 8 heteroatoms. The maximum absolute atomic E-state index is 13.6. The molecule has 1 unspecified atom stereocenters. The monoisotopic (exact) mass is 433 g/mol. The minimum absolute atomic E-state index is 0.227. The van der Waals surface area contributed by atoms with Gasteiger partial charge in [-0.05, 0) is 59.2 Å². The maximum Gasteiger partial charge on any atom is 0.244 e. The van der Waals surface area contributed by atoms with Gasteiger partial charge in [-0.3, -0.25) is 4.79 Å². The Morgan fingerprint density at radius 2 is 1.90 bits per heavy atom. The number of carbonyl (C=O) groups excluding carboxylic acids is 1. The number of amides is 1. The van der Waals surface area contributed by atoms with E-state index < -0.39 is 21.1 Å². The molecule has 1 atom stereocenters. The first-order valence-electron chi connectivity index (χ1n) is 9.40. The molecule has 1 amide bonds. The van der Waals surface area contributed by atoms with Gasteiger partial charge >= 0.3 is 0 Å². The van der Waals surface area contributed by atoms with Gasteiger partial charge in [0.05, 0.1) is 21.1 Å². The molecule has 3 rings (SSSR count). The number of hydrogen-bond acceptors (Lipinski definition) is 5. The third kappa shape index (κ3) is 3.89. The number of nitrogens with one attached hydrogen (secondary N) is 1. The number of aromatic nitrogens is 1. The van der Waals surface area contributed by atoms with E-state index in [4.69, 9.17) is 0 Å². The van der Waals surface area contributed by atoms with Gasteiger partial charge in [-0.2, -0.15) is 4.31 Å². The molecule has 1 fully saturated rings. The van der Waals surface area contributed by atoms with E-state index >= 15 is 0 Å². The van der Waals surface area contributed by atoms with E-state index in [-0.39, 0.29) is 16.8 Å². The zero-order chi connectivity index (χ0) is 21.6. The summed E-state index contributed by atoms with van der Waals surface area (Å²) in [6.07, 6.45) is 1.72. The third-order valence-electron chi connectivity index (χ3n) is 5.44. The van der Waals surface area contributed by atoms with Gasteiger partial charge in [-0.15, -0.1) is 11.3 Å². The van der Waals surface area contributed by atoms with Crippen molar-refractivity contribution < 1.29 is 13.2 Å². The summed E-state index contributed by atoms with van der Waals surface area (Å²) in [4.78, 5) is 16.5. The lowest BCUT2D eigenvalue weighted by Gasteiger charge is -2.40. The summed E-state index contributed by atoms with van der Waals surface area (Å²) in [5.41, 5.74) is 0.257. The molecular formula is C21H27N3O3S2. The Morgan fingerprint density at radius 3 is 2.41 bits per heavy atom. The van der Waals surface area contributed by atoms with Crippen molar-refractivity contribution in [1.82, 2.24) is 14.6 Å². The Kier molecular flexibility index (Phi) is 5.49. The smallest absolute Gasteiger partial charge is 0.244 e. The van der Waals surface area contributed by atoms with Crippen LogP contribution in [0.5, 0.6) is 0 Å². The Bertz CT molecular complexity index is 1040. The van der Waals surface area contributed by atoms with Crippen LogP contribution in [-0.2, 0) is 14.8 Å². The maximum atomic E-state index is 13.6. The van der Waals surface area contributed by atoms with Crippen LogP contribution in [0.4, 0.5) is 0 Å². The Hall–Kier alpha value is -2.03. The van der Waals surface area contributed by atoms with Crippen LogP contribution >= 0.6 is 11.3 Å². The quantitative estimate of drug-likeness (QED) is 0.729. The van der Waals surface area contributed by atoms with Crippen LogP contribution in [0.2, 0.25) is 0 Å². The normalized spacial score (nSPS) is 21.1. The molecule has 0 radical (unpaired) electrons. The first kappa shape index (κ1) is 21.7. The molecule has 0 spiro atoms. The van der Waals surface area contributed by atoms with Gasteiger partial charge in [0, 0.05) is 22.5 Å². The van der Waals surface area contributed by atoms with Crippen molar-refractivity contribution >= 4 is 27.3 Å². The van der Waals surface area contributed by atoms with Gasteiger partial charge in [-0.1, -0.05) is 18.7 Å². The Labute approximate surface area is 176 Å². The topological polar surface area (TPSA) is 79.4 Å². The highest BCUT2D eigenvalue weighted by Crippen LogP contribution is 2.45. The molecule has 1 aliphatic rings. The fraction of sp³-hybridized carbons (Fsp3) is 0.429. The Morgan fingerprint density at radius 1 is 1.28 bits per heavy atom. The second-order valence-electron chi connectivity index (χ2n) is 8.48. The summed E-state index contributed by atoms with van der Waals surface area (Å²) >= 11 is 1.56. The van der Waals surface area contributed by atoms with Crippen molar-refractivity contribution in [3.05, 3.63) is 47.3 Å². The van der Waals surface area contributed by atoms with Crippen LogP contribution in [0.25, 0.3) is 11.3 Å². The Balaban J connectivity index is 1.97. The van der Waals surface area contributed by atoms with E-state index in [0.29, 0.717) is 6.42 Å². The number of nitrogens with zero attached hydrogens (tertiary/aromatic N) is 2. The number of aryl methyl sites for hydroxylation is 1. The number of rotatable bonds is 5. The summed E-state index contributed by atoms with van der Waals surface area (Å²) in [7, 11) is -3.78. The third-order valence-corrected chi connectivity index (χ3v) is 8.53. The van der Waals surface area contributed by atoms with Gasteiger partial charge in [0.15, 0.2) is 0 Å². The molecule has 0 saturated carbocycles. The lowest BCUT2D eigenvalue weighted by atomic mass is 9.94. The first-order chi connectivity index (χ1) is 13.4. The van der Waals surface area contributed by atoms with E-state index in [9.17, 15) is 13.2 Å². The lowest BCUT2D eigenvalue weighted by molar-refractivity contribution is -0.117. The average Bonchev–Trinajstić information content (AvgIpc) is 3.13. The second kappa shape index (κ2) is 7.34. The molecule has 1 N–H and O–H groups in total. The fourth-order valence-corrected chi connectivity index (χ4v) is 7.03. The largest absolute Gasteiger partial charge is 0.348 e. The van der Waals surface area contributed by atoms with Crippen LogP contribution in [-0.4, -0.2) is 40.7 Å². The summed E-state index contributed by atoms with van der Waals surface area (Å²) in [5, 5.41) is 5.81. The van der Waals surface area contributed by atoms with Crippen molar-refractivity contribution in [2.45, 2.75) is 63.1 Å². The number of benzene rings is 1. The molecule has 1 saturated heterocycles. The first-order valence-corrected chi connectivity index (χ1v) is 11.7. The zero-order valence-corrected chi connectivity index (χ0v) is 19.0. The highest BCUT2D eigenvalue weighted by atomic mass is 32.2. The highest BCUT2D eigenvalue weighted by Gasteiger charge is 2.57. The van der Waals surface area contributed by atoms with Crippen molar-refractivity contribution in [2.24, 2.45) is 0 Å². The van der Waals surface area contributed by atoms with Crippen LogP contribution in [0.3, 0.4) is 0 Å². The molecule has 156 valence electrons. The van der Waals surface area contributed by atoms with E-state index in [0.717, 1.165) is 16.3 Å². The van der Waals surface area contributed by atoms with Gasteiger partial charge in [0.25, 0.3) is 0 Å². The molecule has 0 bridgehead atoms. The van der Waals surface area contributed by atoms with Gasteiger partial charge in [0.1, 0.15) is 0 Å². The van der Waals surface area contributed by atoms with Crippen molar-refractivity contribution in [3.8, 4) is 11.3 Å². The molecule has 1 aliphatic heterocycles. The number of sulfonamides is 1. The molecule has 1 aromatic heterocycles. The minimum Gasteiger partial charge on any atom is -0.348 e. The summed E-state index contributed by atoms with van der Waals surface area (Å²) < 4.78 is 28.7. The van der Waals surface area contributed by atoms with E-state index in [1.54, 1.807) is 35.6 Å². The molecule has 2 aromatic rings.